The van der Waals surface area contributed by atoms with Crippen LogP contribution in [0.15, 0.2) is 79.9 Å². The lowest BCUT2D eigenvalue weighted by atomic mass is 9.70. The highest BCUT2D eigenvalue weighted by Gasteiger charge is 2.75. The van der Waals surface area contributed by atoms with Gasteiger partial charge >= 0.3 is 5.97 Å². The number of benzene rings is 2. The number of esters is 1. The topological polar surface area (TPSA) is 138 Å². The van der Waals surface area contributed by atoms with Gasteiger partial charge in [0.25, 0.3) is 5.91 Å². The fraction of sp³-hybridized carbons (Fsp3) is 0.512. The summed E-state index contributed by atoms with van der Waals surface area (Å²) in [6, 6.07) is 14.2. The van der Waals surface area contributed by atoms with Crippen LogP contribution < -0.4 is 15.1 Å². The van der Waals surface area contributed by atoms with E-state index in [0.29, 0.717) is 30.5 Å². The average Bonchev–Trinajstić information content (AvgIpc) is 3.83. The Morgan fingerprint density at radius 1 is 1.08 bits per heavy atom. The molecule has 5 rings (SSSR count). The zero-order valence-corrected chi connectivity index (χ0v) is 31.3. The summed E-state index contributed by atoms with van der Waals surface area (Å²) in [6.07, 6.45) is 3.16. The number of ether oxygens (including phenoxy) is 3. The summed E-state index contributed by atoms with van der Waals surface area (Å²) in [5.74, 6) is -3.77. The quantitative estimate of drug-likeness (QED) is 0.161. The van der Waals surface area contributed by atoms with Crippen molar-refractivity contribution in [2.45, 2.75) is 82.4 Å². The summed E-state index contributed by atoms with van der Waals surface area (Å²) in [5, 5.41) is 13.3. The van der Waals surface area contributed by atoms with Crippen molar-refractivity contribution in [1.82, 2.24) is 10.2 Å². The molecule has 2 aromatic rings. The second-order valence-corrected chi connectivity index (χ2v) is 14.0. The lowest BCUT2D eigenvalue weighted by molar-refractivity contribution is -0.163. The summed E-state index contributed by atoms with van der Waals surface area (Å²) in [4.78, 5) is 62.0. The Kier molecular flexibility index (Phi) is 13.1. The number of fused-ring (bicyclic) bond motifs is 1. The third-order valence-electron chi connectivity index (χ3n) is 10.9. The van der Waals surface area contributed by atoms with Gasteiger partial charge in [0.1, 0.15) is 17.7 Å². The van der Waals surface area contributed by atoms with Crippen molar-refractivity contribution in [3.05, 3.63) is 85.5 Å². The van der Waals surface area contributed by atoms with E-state index in [9.17, 15) is 24.3 Å². The largest absolute Gasteiger partial charge is 0.455 e. The standard InChI is InChI=1S/C41H54N4O8/c1-7-11-17-33(47)42-31(26-51-6)36(28-15-13-12-14-16-28)52-40(50)34-32-22-23-41(53-32)35(34)38(48)45(27(5)25-46)37(41)39(49)44(24-8-2)30-20-18-29(19-21-30)43(9-3)10-4/h7-8,12-16,18-21,27,31-32,34-37,46H,1-2,9-11,17,22-26H2,3-6H3,(H,42,47)/t27-,31+,32+,34-,35-,36+,37+,41-/m1/s1. The molecule has 286 valence electrons. The van der Waals surface area contributed by atoms with E-state index in [2.05, 4.69) is 37.2 Å². The van der Waals surface area contributed by atoms with Crippen LogP contribution in [0.2, 0.25) is 0 Å². The molecular formula is C41H54N4O8. The predicted molar refractivity (Wildman–Crippen MR) is 202 cm³/mol. The smallest absolute Gasteiger partial charge is 0.313 e. The van der Waals surface area contributed by atoms with Crippen LogP contribution in [-0.4, -0.2) is 103 Å². The van der Waals surface area contributed by atoms with Gasteiger partial charge in [-0.15, -0.1) is 13.2 Å². The van der Waals surface area contributed by atoms with E-state index < -0.39 is 66.3 Å². The zero-order valence-electron chi connectivity index (χ0n) is 31.3. The van der Waals surface area contributed by atoms with Crippen molar-refractivity contribution in [3.63, 3.8) is 0 Å². The molecule has 3 amide bonds. The number of rotatable bonds is 19. The van der Waals surface area contributed by atoms with E-state index in [0.717, 1.165) is 18.8 Å². The van der Waals surface area contributed by atoms with Crippen molar-refractivity contribution in [1.29, 1.82) is 0 Å². The normalized spacial score (nSPS) is 24.5. The average molecular weight is 731 g/mol. The third kappa shape index (κ3) is 7.76. The van der Waals surface area contributed by atoms with Gasteiger partial charge in [-0.1, -0.05) is 42.5 Å². The maximum atomic E-state index is 14.9. The summed E-state index contributed by atoms with van der Waals surface area (Å²) >= 11 is 0. The van der Waals surface area contributed by atoms with E-state index >= 15 is 0 Å². The summed E-state index contributed by atoms with van der Waals surface area (Å²) in [6.45, 7) is 14.9. The van der Waals surface area contributed by atoms with Gasteiger partial charge in [0.05, 0.1) is 43.2 Å². The van der Waals surface area contributed by atoms with Crippen LogP contribution in [0.3, 0.4) is 0 Å². The molecule has 1 spiro atoms. The summed E-state index contributed by atoms with van der Waals surface area (Å²) < 4.78 is 18.4. The molecule has 12 heteroatoms. The SMILES string of the molecule is C=CCCC(=O)N[C@@H](COC)[C@@H](OC(=O)[C@@H]1[C@@H]2CC[C@]3(O2)[C@H](C(=O)N(CC=C)c2ccc(N(CC)CC)cc2)N([C@H](C)CO)C(=O)[C@@H]13)c1ccccc1. The molecule has 0 unspecified atom stereocenters. The number of allylic oxidation sites excluding steroid dienone is 1. The number of nitrogens with zero attached hydrogens (tertiary/aromatic N) is 3. The molecule has 3 heterocycles. The first kappa shape index (κ1) is 39.7. The molecule has 0 aromatic heterocycles. The van der Waals surface area contributed by atoms with Gasteiger partial charge in [-0.05, 0) is 69.9 Å². The van der Waals surface area contributed by atoms with Crippen LogP contribution in [0, 0.1) is 11.8 Å². The second-order valence-electron chi connectivity index (χ2n) is 14.0. The molecule has 2 N–H and O–H groups in total. The van der Waals surface area contributed by atoms with Gasteiger partial charge in [0.15, 0.2) is 0 Å². The molecule has 12 nitrogen and oxygen atoms in total. The summed E-state index contributed by atoms with van der Waals surface area (Å²) in [7, 11) is 1.50. The summed E-state index contributed by atoms with van der Waals surface area (Å²) in [5.41, 5.74) is 0.967. The van der Waals surface area contributed by atoms with Gasteiger partial charge < -0.3 is 39.3 Å². The Hall–Kier alpha value is -4.52. The Bertz CT molecular complexity index is 1620. The maximum absolute atomic E-state index is 14.9. The van der Waals surface area contributed by atoms with Crippen molar-refractivity contribution < 1.29 is 38.5 Å². The van der Waals surface area contributed by atoms with E-state index in [1.807, 2.05) is 42.5 Å². The molecule has 3 saturated heterocycles. The molecule has 53 heavy (non-hydrogen) atoms. The van der Waals surface area contributed by atoms with E-state index in [1.165, 1.54) is 12.0 Å². The van der Waals surface area contributed by atoms with Gasteiger partial charge in [0, 0.05) is 44.5 Å². The second kappa shape index (κ2) is 17.5. The van der Waals surface area contributed by atoms with Crippen molar-refractivity contribution in [3.8, 4) is 0 Å². The molecule has 3 aliphatic rings. The first-order chi connectivity index (χ1) is 25.6. The Morgan fingerprint density at radius 2 is 1.75 bits per heavy atom. The molecule has 2 bridgehead atoms. The van der Waals surface area contributed by atoms with Crippen LogP contribution >= 0.6 is 0 Å². The lowest BCUT2D eigenvalue weighted by Gasteiger charge is -2.38. The highest BCUT2D eigenvalue weighted by molar-refractivity contribution is 6.05. The van der Waals surface area contributed by atoms with Crippen molar-refractivity contribution >= 4 is 35.1 Å². The number of methoxy groups -OCH3 is 1. The number of carbonyl (C=O) groups excluding carboxylic acids is 4. The molecule has 3 aliphatic heterocycles. The van der Waals surface area contributed by atoms with Crippen LogP contribution in [0.4, 0.5) is 11.4 Å². The Labute approximate surface area is 312 Å². The Morgan fingerprint density at radius 3 is 2.36 bits per heavy atom. The highest BCUT2D eigenvalue weighted by Crippen LogP contribution is 2.59. The van der Waals surface area contributed by atoms with Gasteiger partial charge in [0.2, 0.25) is 11.8 Å². The van der Waals surface area contributed by atoms with Gasteiger partial charge in [-0.25, -0.2) is 0 Å². The van der Waals surface area contributed by atoms with Crippen LogP contribution in [0.25, 0.3) is 0 Å². The minimum Gasteiger partial charge on any atom is -0.455 e. The number of amides is 3. The molecule has 0 radical (unpaired) electrons. The fourth-order valence-corrected chi connectivity index (χ4v) is 8.36. The third-order valence-corrected chi connectivity index (χ3v) is 10.9. The van der Waals surface area contributed by atoms with Gasteiger partial charge in [-0.2, -0.15) is 0 Å². The predicted octanol–water partition coefficient (Wildman–Crippen LogP) is 4.19. The molecule has 3 fully saturated rings. The van der Waals surface area contributed by atoms with Crippen LogP contribution in [0.5, 0.6) is 0 Å². The van der Waals surface area contributed by atoms with Gasteiger partial charge in [-0.3, -0.25) is 19.2 Å². The first-order valence-electron chi connectivity index (χ1n) is 18.6. The number of aliphatic hydroxyl groups excluding tert-OH is 1. The minimum atomic E-state index is -1.32. The van der Waals surface area contributed by atoms with E-state index in [4.69, 9.17) is 14.2 Å². The van der Waals surface area contributed by atoms with Crippen LogP contribution in [0.1, 0.15) is 58.1 Å². The minimum absolute atomic E-state index is 0.0525. The first-order valence-corrected chi connectivity index (χ1v) is 18.6. The molecule has 2 aromatic carbocycles. The maximum Gasteiger partial charge on any atom is 0.313 e. The highest BCUT2D eigenvalue weighted by atomic mass is 16.6. The molecular weight excluding hydrogens is 676 g/mol. The number of hydrogen-bond acceptors (Lipinski definition) is 9. The number of aliphatic hydroxyl groups is 1. The Balaban J connectivity index is 1.49. The molecule has 8 atom stereocenters. The number of hydrogen-bond donors (Lipinski definition) is 2. The number of anilines is 2. The zero-order chi connectivity index (χ0) is 38.3. The van der Waals surface area contributed by atoms with Crippen molar-refractivity contribution in [2.24, 2.45) is 11.8 Å². The lowest BCUT2D eigenvalue weighted by Crippen LogP contribution is -2.58. The number of carbonyl (C=O) groups is 4. The van der Waals surface area contributed by atoms with Crippen molar-refractivity contribution in [2.75, 3.05) is 49.8 Å². The number of likely N-dealkylation sites (tertiary alicyclic amines) is 1. The van der Waals surface area contributed by atoms with E-state index in [-0.39, 0.29) is 31.4 Å². The van der Waals surface area contributed by atoms with E-state index in [1.54, 1.807) is 36.1 Å². The monoisotopic (exact) mass is 730 g/mol. The molecule has 0 aliphatic carbocycles. The fourth-order valence-electron chi connectivity index (χ4n) is 8.36. The number of nitrogens with one attached hydrogen (secondary N) is 1. The van der Waals surface area contributed by atoms with Crippen LogP contribution in [-0.2, 0) is 33.4 Å². The molecule has 0 saturated carbocycles.